The van der Waals surface area contributed by atoms with Crippen LogP contribution in [0.3, 0.4) is 0 Å². The van der Waals surface area contributed by atoms with E-state index in [1.807, 2.05) is 62.4 Å². The van der Waals surface area contributed by atoms with E-state index in [0.29, 0.717) is 0 Å². The molecule has 0 aliphatic rings. The van der Waals surface area contributed by atoms with Gasteiger partial charge in [0.2, 0.25) is 0 Å². The van der Waals surface area contributed by atoms with Crippen molar-refractivity contribution < 1.29 is 5.11 Å². The highest BCUT2D eigenvalue weighted by Gasteiger charge is 1.98. The largest absolute Gasteiger partial charge is 0.369 e. The van der Waals surface area contributed by atoms with Crippen molar-refractivity contribution in [1.82, 2.24) is 0 Å². The molecular weight excluding hydrogens is 244 g/mol. The summed E-state index contributed by atoms with van der Waals surface area (Å²) in [4.78, 5) is 0. The SMILES string of the molecule is Cc1cccc(C)c1C#CC(O)C#Cc1ccccc1. The fraction of sp³-hybridized carbons (Fsp3) is 0.158. The molecule has 0 bridgehead atoms. The molecule has 0 aromatic heterocycles. The van der Waals surface area contributed by atoms with Crippen LogP contribution >= 0.6 is 0 Å². The highest BCUT2D eigenvalue weighted by atomic mass is 16.3. The molecule has 0 amide bonds. The number of rotatable bonds is 0. The average molecular weight is 260 g/mol. The Labute approximate surface area is 120 Å². The molecule has 1 heteroatoms. The van der Waals surface area contributed by atoms with Crippen LogP contribution in [-0.4, -0.2) is 11.2 Å². The summed E-state index contributed by atoms with van der Waals surface area (Å²) in [5.41, 5.74) is 4.06. The van der Waals surface area contributed by atoms with Crippen LogP contribution in [0.2, 0.25) is 0 Å². The van der Waals surface area contributed by atoms with Gasteiger partial charge in [-0.05, 0) is 37.1 Å². The van der Waals surface area contributed by atoms with E-state index in [4.69, 9.17) is 0 Å². The van der Waals surface area contributed by atoms with Gasteiger partial charge < -0.3 is 5.11 Å². The zero-order valence-corrected chi connectivity index (χ0v) is 11.6. The molecule has 2 aromatic rings. The molecule has 2 rings (SSSR count). The van der Waals surface area contributed by atoms with Crippen molar-refractivity contribution in [1.29, 1.82) is 0 Å². The zero-order valence-electron chi connectivity index (χ0n) is 11.6. The Bertz CT molecular complexity index is 686. The third kappa shape index (κ3) is 3.75. The summed E-state index contributed by atoms with van der Waals surface area (Å²) in [5.74, 6) is 11.4. The number of aryl methyl sites for hydroxylation is 2. The van der Waals surface area contributed by atoms with Crippen molar-refractivity contribution in [2.75, 3.05) is 0 Å². The fourth-order valence-corrected chi connectivity index (χ4v) is 1.86. The van der Waals surface area contributed by atoms with Gasteiger partial charge >= 0.3 is 0 Å². The van der Waals surface area contributed by atoms with E-state index < -0.39 is 6.10 Å². The molecule has 0 spiro atoms. The minimum Gasteiger partial charge on any atom is -0.369 e. The average Bonchev–Trinajstić information content (AvgIpc) is 2.46. The van der Waals surface area contributed by atoms with E-state index in [-0.39, 0.29) is 0 Å². The van der Waals surface area contributed by atoms with Gasteiger partial charge in [-0.15, -0.1) is 0 Å². The summed E-state index contributed by atoms with van der Waals surface area (Å²) >= 11 is 0. The minimum absolute atomic E-state index is 0.875. The van der Waals surface area contributed by atoms with E-state index in [1.165, 1.54) is 0 Å². The molecule has 2 aromatic carbocycles. The molecular formula is C19H16O. The molecule has 0 aliphatic carbocycles. The first-order chi connectivity index (χ1) is 9.66. The Kier molecular flexibility index (Phi) is 4.61. The van der Waals surface area contributed by atoms with Crippen LogP contribution in [-0.2, 0) is 0 Å². The fourth-order valence-electron chi connectivity index (χ4n) is 1.86. The van der Waals surface area contributed by atoms with Crippen LogP contribution in [0.4, 0.5) is 0 Å². The number of benzene rings is 2. The maximum absolute atomic E-state index is 9.81. The molecule has 0 radical (unpaired) electrons. The smallest absolute Gasteiger partial charge is 0.177 e. The minimum atomic E-state index is -0.936. The second-order valence-electron chi connectivity index (χ2n) is 4.57. The van der Waals surface area contributed by atoms with E-state index in [1.54, 1.807) is 0 Å². The van der Waals surface area contributed by atoms with Crippen LogP contribution in [0, 0.1) is 37.5 Å². The van der Waals surface area contributed by atoms with Gasteiger partial charge in [0, 0.05) is 11.1 Å². The lowest BCUT2D eigenvalue weighted by Gasteiger charge is -2.01. The molecule has 1 N–H and O–H groups in total. The molecule has 1 atom stereocenters. The molecule has 1 unspecified atom stereocenters. The highest BCUT2D eigenvalue weighted by Crippen LogP contribution is 2.11. The van der Waals surface area contributed by atoms with Crippen molar-refractivity contribution in [2.24, 2.45) is 0 Å². The van der Waals surface area contributed by atoms with Gasteiger partial charge in [0.05, 0.1) is 0 Å². The standard InChI is InChI=1S/C19H16O/c1-15-7-6-8-16(2)19(15)14-13-18(20)12-11-17-9-4-3-5-10-17/h3-10,18,20H,1-2H3. The molecule has 1 nitrogen and oxygen atoms in total. The van der Waals surface area contributed by atoms with Gasteiger partial charge in [-0.3, -0.25) is 0 Å². The predicted molar refractivity (Wildman–Crippen MR) is 82.1 cm³/mol. The van der Waals surface area contributed by atoms with Crippen LogP contribution < -0.4 is 0 Å². The maximum atomic E-state index is 9.81. The third-order valence-corrected chi connectivity index (χ3v) is 2.94. The number of aliphatic hydroxyl groups excluding tert-OH is 1. The highest BCUT2D eigenvalue weighted by molar-refractivity contribution is 5.47. The van der Waals surface area contributed by atoms with Gasteiger partial charge in [0.1, 0.15) is 0 Å². The molecule has 0 heterocycles. The lowest BCUT2D eigenvalue weighted by Crippen LogP contribution is -1.98. The topological polar surface area (TPSA) is 20.2 Å². The summed E-state index contributed by atoms with van der Waals surface area (Å²) in [6.45, 7) is 4.03. The van der Waals surface area contributed by atoms with Gasteiger partial charge in [-0.1, -0.05) is 60.1 Å². The number of hydrogen-bond acceptors (Lipinski definition) is 1. The summed E-state index contributed by atoms with van der Waals surface area (Å²) in [6, 6.07) is 15.6. The van der Waals surface area contributed by atoms with Crippen molar-refractivity contribution >= 4 is 0 Å². The molecule has 0 saturated carbocycles. The first-order valence-corrected chi connectivity index (χ1v) is 6.49. The van der Waals surface area contributed by atoms with Gasteiger partial charge in [-0.2, -0.15) is 0 Å². The Hall–Kier alpha value is -2.48. The van der Waals surface area contributed by atoms with Crippen molar-refractivity contribution in [2.45, 2.75) is 20.0 Å². The molecule has 0 aliphatic heterocycles. The maximum Gasteiger partial charge on any atom is 0.177 e. The Balaban J connectivity index is 2.16. The summed E-state index contributed by atoms with van der Waals surface area (Å²) < 4.78 is 0. The van der Waals surface area contributed by atoms with Crippen LogP contribution in [0.5, 0.6) is 0 Å². The first kappa shape index (κ1) is 13.9. The lowest BCUT2D eigenvalue weighted by molar-refractivity contribution is 0.289. The van der Waals surface area contributed by atoms with Crippen molar-refractivity contribution in [3.8, 4) is 23.7 Å². The second-order valence-corrected chi connectivity index (χ2v) is 4.57. The van der Waals surface area contributed by atoms with E-state index in [0.717, 1.165) is 22.3 Å². The predicted octanol–water partition coefficient (Wildman–Crippen LogP) is 3.07. The Morgan fingerprint density at radius 3 is 2.05 bits per heavy atom. The van der Waals surface area contributed by atoms with Gasteiger partial charge in [0.25, 0.3) is 0 Å². The normalized spacial score (nSPS) is 10.8. The number of aliphatic hydroxyl groups is 1. The lowest BCUT2D eigenvalue weighted by atomic mass is 10.0. The number of hydrogen-bond donors (Lipinski definition) is 1. The molecule has 0 fully saturated rings. The Morgan fingerprint density at radius 2 is 1.40 bits per heavy atom. The Morgan fingerprint density at radius 1 is 0.800 bits per heavy atom. The summed E-state index contributed by atoms with van der Waals surface area (Å²) in [5, 5.41) is 9.81. The van der Waals surface area contributed by atoms with Gasteiger partial charge in [0.15, 0.2) is 6.10 Å². The molecule has 0 saturated heterocycles. The van der Waals surface area contributed by atoms with Crippen molar-refractivity contribution in [3.05, 3.63) is 70.8 Å². The molecule has 20 heavy (non-hydrogen) atoms. The first-order valence-electron chi connectivity index (χ1n) is 6.49. The summed E-state index contributed by atoms with van der Waals surface area (Å²) in [7, 11) is 0. The summed E-state index contributed by atoms with van der Waals surface area (Å²) in [6.07, 6.45) is -0.936. The van der Waals surface area contributed by atoms with Crippen LogP contribution in [0.25, 0.3) is 0 Å². The van der Waals surface area contributed by atoms with E-state index in [9.17, 15) is 5.11 Å². The van der Waals surface area contributed by atoms with Crippen LogP contribution in [0.15, 0.2) is 48.5 Å². The van der Waals surface area contributed by atoms with E-state index >= 15 is 0 Å². The molecule has 98 valence electrons. The quantitative estimate of drug-likeness (QED) is 0.722. The van der Waals surface area contributed by atoms with Crippen molar-refractivity contribution in [3.63, 3.8) is 0 Å². The monoisotopic (exact) mass is 260 g/mol. The third-order valence-electron chi connectivity index (χ3n) is 2.94. The van der Waals surface area contributed by atoms with Gasteiger partial charge in [-0.25, -0.2) is 0 Å². The second kappa shape index (κ2) is 6.62. The van der Waals surface area contributed by atoms with E-state index in [2.05, 4.69) is 23.7 Å². The zero-order chi connectivity index (χ0) is 14.4. The van der Waals surface area contributed by atoms with Crippen LogP contribution in [0.1, 0.15) is 22.3 Å².